The molecule has 7 N–H and O–H groups in total. The zero-order chi connectivity index (χ0) is 64.6. The first kappa shape index (κ1) is 98.7. The van der Waals surface area contributed by atoms with Crippen molar-refractivity contribution in [1.82, 2.24) is 0 Å². The second-order valence-corrected chi connectivity index (χ2v) is 25.4. The van der Waals surface area contributed by atoms with Gasteiger partial charge in [-0.05, 0) is 119 Å². The van der Waals surface area contributed by atoms with Crippen LogP contribution in [-0.4, -0.2) is 255 Å². The van der Waals surface area contributed by atoms with Crippen LogP contribution in [0.2, 0.25) is 0 Å². The predicted molar refractivity (Wildman–Crippen MR) is 370 cm³/mol. The molecule has 0 aromatic heterocycles. The third-order valence-corrected chi connectivity index (χ3v) is 15.8. The molecule has 518 valence electrons. The molecule has 0 rings (SSSR count). The van der Waals surface area contributed by atoms with Crippen molar-refractivity contribution >= 4 is 58.8 Å². The van der Waals surface area contributed by atoms with Gasteiger partial charge in [0.1, 0.15) is 24.4 Å². The van der Waals surface area contributed by atoms with Crippen molar-refractivity contribution in [2.45, 2.75) is 230 Å². The summed E-state index contributed by atoms with van der Waals surface area (Å²) in [7, 11) is 0. The minimum atomic E-state index is -0.469. The van der Waals surface area contributed by atoms with E-state index in [0.717, 1.165) is 98.9 Å². The molecule has 0 aliphatic carbocycles. The van der Waals surface area contributed by atoms with Crippen LogP contribution in [0.25, 0.3) is 0 Å². The lowest BCUT2D eigenvalue weighted by atomic mass is 10.4. The first-order valence-electron chi connectivity index (χ1n) is 32.5. The Balaban J connectivity index is -0.000000165. The number of hydrogen-bond acceptors (Lipinski definition) is 21. The van der Waals surface area contributed by atoms with Gasteiger partial charge < -0.3 is 78.4 Å². The molecule has 1 unspecified atom stereocenters. The van der Waals surface area contributed by atoms with Gasteiger partial charge in [-0.1, -0.05) is 96.9 Å². The summed E-state index contributed by atoms with van der Waals surface area (Å²) in [6.07, 6.45) is 12.6. The Hall–Kier alpha value is 1.11. The number of aliphatic hydroxyl groups excluding tert-OH is 7. The van der Waals surface area contributed by atoms with E-state index in [4.69, 9.17) is 42.6 Å². The fraction of sp³-hybridized carbons (Fsp3) is 1.00. The molecule has 0 saturated carbocycles. The maximum atomic E-state index is 9.46. The third-order valence-electron chi connectivity index (χ3n) is 9.22. The van der Waals surface area contributed by atoms with Crippen LogP contribution in [0.5, 0.6) is 0 Å². The summed E-state index contributed by atoms with van der Waals surface area (Å²) in [4.78, 5) is 0. The third kappa shape index (κ3) is 111. The molecule has 0 heterocycles. The van der Waals surface area contributed by atoms with E-state index < -0.39 is 24.4 Å². The van der Waals surface area contributed by atoms with Crippen LogP contribution in [0.15, 0.2) is 0 Å². The van der Waals surface area contributed by atoms with E-state index in [9.17, 15) is 35.7 Å². The minimum Gasteiger partial charge on any atom is -0.391 e. The summed E-state index contributed by atoms with van der Waals surface area (Å²) in [6.45, 7) is 39.3. The van der Waals surface area contributed by atoms with Gasteiger partial charge >= 0.3 is 0 Å². The highest BCUT2D eigenvalue weighted by atomic mass is 32.2. The first-order chi connectivity index (χ1) is 40.7. The van der Waals surface area contributed by atoms with Crippen LogP contribution in [0.1, 0.15) is 187 Å². The molecule has 1 atom stereocenters. The molecule has 0 fully saturated rings. The van der Waals surface area contributed by atoms with Crippen molar-refractivity contribution in [2.75, 3.05) is 176 Å². The van der Waals surface area contributed by atoms with Gasteiger partial charge in [0.25, 0.3) is 0 Å². The Bertz CT molecular complexity index is 764. The molecule has 0 aromatic rings. The van der Waals surface area contributed by atoms with Gasteiger partial charge in [-0.3, -0.25) is 0 Å². The van der Waals surface area contributed by atoms with Crippen LogP contribution >= 0.6 is 58.8 Å². The number of hydrogen-bond donors (Lipinski definition) is 7. The molecule has 16 nitrogen and oxygen atoms in total. The molecule has 0 bridgehead atoms. The maximum Gasteiger partial charge on any atom is 0.101 e. The predicted octanol–water partition coefficient (Wildman–Crippen LogP) is 12.0. The monoisotopic (exact) mass is 1310 g/mol. The van der Waals surface area contributed by atoms with Crippen LogP contribution < -0.4 is 0 Å². The van der Waals surface area contributed by atoms with Gasteiger partial charge in [-0.15, -0.1) is 0 Å². The average Bonchev–Trinajstić information content (AvgIpc) is 3.47. The summed E-state index contributed by atoms with van der Waals surface area (Å²) in [5.74, 6) is 10.3. The molecule has 0 aromatic carbocycles. The number of aliphatic hydroxyl groups is 7. The normalized spacial score (nSPS) is 11.3. The summed E-state index contributed by atoms with van der Waals surface area (Å²) < 4.78 is 46.4. The topological polar surface area (TPSA) is 225 Å². The average molecular weight is 1310 g/mol. The van der Waals surface area contributed by atoms with E-state index in [0.29, 0.717) is 112 Å². The van der Waals surface area contributed by atoms with Crippen molar-refractivity contribution in [1.29, 1.82) is 0 Å². The van der Waals surface area contributed by atoms with E-state index in [-0.39, 0.29) is 18.3 Å². The van der Waals surface area contributed by atoms with E-state index >= 15 is 0 Å². The van der Waals surface area contributed by atoms with Gasteiger partial charge in [-0.25, -0.2) is 0 Å². The number of thioether (sulfide) groups is 5. The minimum absolute atomic E-state index is 0.0990. The highest BCUT2D eigenvalue weighted by molar-refractivity contribution is 8.00. The Morgan fingerprint density at radius 3 is 0.452 bits per heavy atom. The van der Waals surface area contributed by atoms with Crippen LogP contribution in [0.4, 0.5) is 0 Å². The lowest BCUT2D eigenvalue weighted by Crippen LogP contribution is -2.22. The standard InChI is InChI=1S/4C9H20O3.C9H20O2S.2C9H20OS2/c7*1-3-5-11-7-9(10)8-12-6-4-2/h7*9-10H,3-8H2,1-2H3. The van der Waals surface area contributed by atoms with Crippen molar-refractivity contribution < 1.29 is 78.4 Å². The van der Waals surface area contributed by atoms with Gasteiger partial charge in [0.05, 0.1) is 77.8 Å². The molecular weight excluding hydrogens is 1170 g/mol. The fourth-order valence-corrected chi connectivity index (χ4v) is 9.93. The van der Waals surface area contributed by atoms with Crippen LogP contribution in [0.3, 0.4) is 0 Å². The van der Waals surface area contributed by atoms with Crippen LogP contribution in [0, 0.1) is 0 Å². The van der Waals surface area contributed by atoms with Crippen molar-refractivity contribution in [3.63, 3.8) is 0 Å². The molecule has 0 amide bonds. The molecule has 0 spiro atoms. The van der Waals surface area contributed by atoms with Gasteiger partial charge in [-0.2, -0.15) is 58.8 Å². The second kappa shape index (κ2) is 95.2. The molecule has 0 aliphatic heterocycles. The Labute approximate surface area is 540 Å². The quantitative estimate of drug-likeness (QED) is 0.0281. The fourth-order valence-electron chi connectivity index (χ4n) is 5.43. The Kier molecular flexibility index (Phi) is 112. The van der Waals surface area contributed by atoms with Crippen molar-refractivity contribution in [3.05, 3.63) is 0 Å². The summed E-state index contributed by atoms with van der Waals surface area (Å²) >= 11 is 9.21. The Morgan fingerprint density at radius 2 is 0.321 bits per heavy atom. The van der Waals surface area contributed by atoms with E-state index in [1.54, 1.807) is 11.8 Å². The molecule has 0 aliphatic rings. The second-order valence-electron chi connectivity index (χ2n) is 19.6. The molecule has 0 saturated heterocycles. The highest BCUT2D eigenvalue weighted by Crippen LogP contribution is 2.12. The maximum absolute atomic E-state index is 9.46. The first-order valence-corrected chi connectivity index (χ1v) is 38.3. The molecule has 21 heteroatoms. The summed E-state index contributed by atoms with van der Waals surface area (Å²) in [5.41, 5.74) is 0. The van der Waals surface area contributed by atoms with Gasteiger partial charge in [0, 0.05) is 88.2 Å². The Morgan fingerprint density at radius 1 is 0.190 bits per heavy atom. The SMILES string of the molecule is CCCOCC(O)COCCC.CCCOCC(O)COCCC.CCCOCC(O)COCCC.CCCOCC(O)COCCC.CCCOCC(O)CSCCC.CCCSCC(O)CSCCC.CCCSCC(O)CSCCC. The van der Waals surface area contributed by atoms with E-state index in [2.05, 4.69) is 41.5 Å². The number of rotatable bonds is 56. The lowest BCUT2D eigenvalue weighted by molar-refractivity contribution is -0.0184. The van der Waals surface area contributed by atoms with E-state index in [1.165, 1.54) is 55.1 Å². The largest absolute Gasteiger partial charge is 0.391 e. The van der Waals surface area contributed by atoms with Crippen molar-refractivity contribution in [2.24, 2.45) is 0 Å². The molecule has 0 radical (unpaired) electrons. The molecular formula is C63H140O16S5. The zero-order valence-corrected chi connectivity index (χ0v) is 60.7. The molecule has 84 heavy (non-hydrogen) atoms. The van der Waals surface area contributed by atoms with E-state index in [1.807, 2.05) is 102 Å². The summed E-state index contributed by atoms with van der Waals surface area (Å²) in [5, 5.41) is 65.3. The lowest BCUT2D eigenvalue weighted by Gasteiger charge is -2.10. The van der Waals surface area contributed by atoms with Crippen LogP contribution in [-0.2, 0) is 42.6 Å². The van der Waals surface area contributed by atoms with Gasteiger partial charge in [0.2, 0.25) is 0 Å². The zero-order valence-electron chi connectivity index (χ0n) is 56.6. The van der Waals surface area contributed by atoms with Crippen molar-refractivity contribution in [3.8, 4) is 0 Å². The highest BCUT2D eigenvalue weighted by Gasteiger charge is 2.08. The number of ether oxygens (including phenoxy) is 9. The summed E-state index contributed by atoms with van der Waals surface area (Å²) in [6, 6.07) is 0. The van der Waals surface area contributed by atoms with Gasteiger partial charge in [0.15, 0.2) is 0 Å². The smallest absolute Gasteiger partial charge is 0.101 e.